The van der Waals surface area contributed by atoms with Crippen molar-refractivity contribution in [2.75, 3.05) is 42.5 Å². The third-order valence-electron chi connectivity index (χ3n) is 3.68. The van der Waals surface area contributed by atoms with E-state index in [9.17, 15) is 0 Å². The lowest BCUT2D eigenvalue weighted by Gasteiger charge is -2.35. The van der Waals surface area contributed by atoms with Crippen LogP contribution in [-0.4, -0.2) is 42.7 Å². The maximum atomic E-state index is 4.60. The lowest BCUT2D eigenvalue weighted by molar-refractivity contribution is 0.645. The smallest absolute Gasteiger partial charge is 0.185 e. The minimum atomic E-state index is 0.890. The highest BCUT2D eigenvalue weighted by Gasteiger charge is 2.19. The monoisotopic (exact) mass is 303 g/mol. The molecule has 1 aliphatic rings. The Hall–Kier alpha value is -1.66. The zero-order valence-corrected chi connectivity index (χ0v) is 13.1. The Morgan fingerprint density at radius 3 is 2.57 bits per heavy atom. The highest BCUT2D eigenvalue weighted by Crippen LogP contribution is 2.21. The Kier molecular flexibility index (Phi) is 4.67. The van der Waals surface area contributed by atoms with Crippen LogP contribution in [0.5, 0.6) is 0 Å². The van der Waals surface area contributed by atoms with Crippen LogP contribution in [0.1, 0.15) is 12.5 Å². The first-order valence-corrected chi connectivity index (χ1v) is 8.30. The summed E-state index contributed by atoms with van der Waals surface area (Å²) in [5.41, 5.74) is 1.24. The van der Waals surface area contributed by atoms with Gasteiger partial charge in [-0.1, -0.05) is 13.0 Å². The molecule has 112 valence electrons. The van der Waals surface area contributed by atoms with Crippen molar-refractivity contribution in [1.29, 1.82) is 0 Å². The number of nitrogens with zero attached hydrogens (tertiary/aromatic N) is 4. The Morgan fingerprint density at radius 1 is 1.14 bits per heavy atom. The van der Waals surface area contributed by atoms with Crippen LogP contribution < -0.4 is 15.1 Å². The summed E-state index contributed by atoms with van der Waals surface area (Å²) in [5.74, 6) is 1.08. The summed E-state index contributed by atoms with van der Waals surface area (Å²) in [5, 5.41) is 6.48. The van der Waals surface area contributed by atoms with Gasteiger partial charge in [-0.05, 0) is 18.2 Å². The van der Waals surface area contributed by atoms with E-state index in [4.69, 9.17) is 0 Å². The highest BCUT2D eigenvalue weighted by molar-refractivity contribution is 7.13. The lowest BCUT2D eigenvalue weighted by Crippen LogP contribution is -2.46. The second kappa shape index (κ2) is 6.87. The summed E-state index contributed by atoms with van der Waals surface area (Å²) < 4.78 is 0. The summed E-state index contributed by atoms with van der Waals surface area (Å²) in [7, 11) is 0. The molecular weight excluding hydrogens is 282 g/mol. The number of aromatic nitrogens is 2. The largest absolute Gasteiger partial charge is 0.353 e. The number of pyridine rings is 1. The van der Waals surface area contributed by atoms with Gasteiger partial charge in [-0.2, -0.15) is 0 Å². The fourth-order valence-corrected chi connectivity index (χ4v) is 3.17. The summed E-state index contributed by atoms with van der Waals surface area (Å²) in [4.78, 5) is 13.7. The van der Waals surface area contributed by atoms with Gasteiger partial charge in [-0.3, -0.25) is 0 Å². The Balaban J connectivity index is 1.56. The highest BCUT2D eigenvalue weighted by atomic mass is 32.1. The zero-order chi connectivity index (χ0) is 14.5. The van der Waals surface area contributed by atoms with Crippen LogP contribution in [0, 0.1) is 0 Å². The maximum absolute atomic E-state index is 4.60. The average molecular weight is 303 g/mol. The molecular formula is C15H21N5S. The van der Waals surface area contributed by atoms with Gasteiger partial charge in [0.15, 0.2) is 5.13 Å². The number of anilines is 2. The molecule has 0 aliphatic carbocycles. The van der Waals surface area contributed by atoms with Crippen LogP contribution in [0.3, 0.4) is 0 Å². The number of hydrogen-bond donors (Lipinski definition) is 1. The molecule has 0 saturated carbocycles. The first-order chi connectivity index (χ1) is 10.4. The molecule has 1 saturated heterocycles. The van der Waals surface area contributed by atoms with Crippen molar-refractivity contribution >= 4 is 22.3 Å². The lowest BCUT2D eigenvalue weighted by atomic mass is 10.2. The summed E-state index contributed by atoms with van der Waals surface area (Å²) in [6.07, 6.45) is 3.85. The van der Waals surface area contributed by atoms with E-state index in [1.54, 1.807) is 11.3 Å². The molecule has 1 N–H and O–H groups in total. The second-order valence-corrected chi connectivity index (χ2v) is 5.97. The number of hydrogen-bond acceptors (Lipinski definition) is 6. The molecule has 0 unspecified atom stereocenters. The summed E-state index contributed by atoms with van der Waals surface area (Å²) in [6.45, 7) is 8.01. The number of nitrogens with one attached hydrogen (secondary N) is 1. The van der Waals surface area contributed by atoms with Crippen molar-refractivity contribution in [3.63, 3.8) is 0 Å². The third kappa shape index (κ3) is 3.51. The van der Waals surface area contributed by atoms with Gasteiger partial charge in [0.05, 0.1) is 0 Å². The number of piperazine rings is 1. The predicted molar refractivity (Wildman–Crippen MR) is 88.2 cm³/mol. The Morgan fingerprint density at radius 2 is 1.95 bits per heavy atom. The molecule has 0 bridgehead atoms. The first-order valence-electron chi connectivity index (χ1n) is 7.42. The van der Waals surface area contributed by atoms with Crippen molar-refractivity contribution in [2.24, 2.45) is 0 Å². The number of thiazole rings is 1. The summed E-state index contributed by atoms with van der Waals surface area (Å²) in [6, 6.07) is 4.30. The fraction of sp³-hybridized carbons (Fsp3) is 0.467. The Bertz CT molecular complexity index is 532. The molecule has 2 aromatic rings. The van der Waals surface area contributed by atoms with Gasteiger partial charge in [0, 0.05) is 50.5 Å². The molecule has 3 heterocycles. The molecule has 0 atom stereocenters. The van der Waals surface area contributed by atoms with Gasteiger partial charge in [0.2, 0.25) is 0 Å². The molecule has 0 radical (unpaired) electrons. The normalized spacial score (nSPS) is 15.5. The van der Waals surface area contributed by atoms with E-state index in [-0.39, 0.29) is 0 Å². The van der Waals surface area contributed by atoms with E-state index >= 15 is 0 Å². The molecule has 0 aromatic carbocycles. The minimum absolute atomic E-state index is 0.890. The standard InChI is InChI=1S/C15H21N5S/c1-2-16-11-13-3-4-14(18-12-13)19-6-8-20(9-7-19)15-17-5-10-21-15/h3-5,10,12,16H,2,6-9,11H2,1H3. The van der Waals surface area contributed by atoms with Gasteiger partial charge >= 0.3 is 0 Å². The van der Waals surface area contributed by atoms with Crippen LogP contribution in [0.4, 0.5) is 10.9 Å². The number of rotatable bonds is 5. The van der Waals surface area contributed by atoms with Crippen LogP contribution in [0.25, 0.3) is 0 Å². The van der Waals surface area contributed by atoms with Gasteiger partial charge in [-0.15, -0.1) is 11.3 Å². The topological polar surface area (TPSA) is 44.3 Å². The molecule has 6 heteroatoms. The quantitative estimate of drug-likeness (QED) is 0.915. The third-order valence-corrected chi connectivity index (χ3v) is 4.51. The van der Waals surface area contributed by atoms with Crippen molar-refractivity contribution in [3.8, 4) is 0 Å². The summed E-state index contributed by atoms with van der Waals surface area (Å²) >= 11 is 1.71. The van der Waals surface area contributed by atoms with Crippen LogP contribution in [-0.2, 0) is 6.54 Å². The van der Waals surface area contributed by atoms with Gasteiger partial charge in [0.25, 0.3) is 0 Å². The minimum Gasteiger partial charge on any atom is -0.353 e. The van der Waals surface area contributed by atoms with Crippen LogP contribution in [0.15, 0.2) is 29.9 Å². The van der Waals surface area contributed by atoms with Gasteiger partial charge in [-0.25, -0.2) is 9.97 Å². The van der Waals surface area contributed by atoms with Crippen LogP contribution >= 0.6 is 11.3 Å². The molecule has 1 aliphatic heterocycles. The van der Waals surface area contributed by atoms with Crippen molar-refractivity contribution in [2.45, 2.75) is 13.5 Å². The van der Waals surface area contributed by atoms with E-state index in [0.717, 1.165) is 50.2 Å². The second-order valence-electron chi connectivity index (χ2n) is 5.09. The van der Waals surface area contributed by atoms with E-state index < -0.39 is 0 Å². The zero-order valence-electron chi connectivity index (χ0n) is 12.3. The molecule has 0 amide bonds. The van der Waals surface area contributed by atoms with E-state index in [1.807, 2.05) is 17.8 Å². The van der Waals surface area contributed by atoms with Gasteiger partial charge < -0.3 is 15.1 Å². The molecule has 1 fully saturated rings. The molecule has 5 nitrogen and oxygen atoms in total. The van der Waals surface area contributed by atoms with Gasteiger partial charge in [0.1, 0.15) is 5.82 Å². The average Bonchev–Trinajstić information content (AvgIpc) is 3.08. The van der Waals surface area contributed by atoms with Crippen molar-refractivity contribution < 1.29 is 0 Å². The van der Waals surface area contributed by atoms with E-state index in [0.29, 0.717) is 0 Å². The Labute approximate surface area is 129 Å². The van der Waals surface area contributed by atoms with Crippen molar-refractivity contribution in [1.82, 2.24) is 15.3 Å². The van der Waals surface area contributed by atoms with E-state index in [1.165, 1.54) is 5.56 Å². The fourth-order valence-electron chi connectivity index (χ4n) is 2.48. The first kappa shape index (κ1) is 14.3. The molecule has 2 aromatic heterocycles. The predicted octanol–water partition coefficient (Wildman–Crippen LogP) is 1.97. The molecule has 21 heavy (non-hydrogen) atoms. The SMILES string of the molecule is CCNCc1ccc(N2CCN(c3nccs3)CC2)nc1. The van der Waals surface area contributed by atoms with Crippen molar-refractivity contribution in [3.05, 3.63) is 35.5 Å². The van der Waals surface area contributed by atoms with E-state index in [2.05, 4.69) is 44.1 Å². The maximum Gasteiger partial charge on any atom is 0.185 e. The molecule has 0 spiro atoms. The van der Waals surface area contributed by atoms with Crippen LogP contribution in [0.2, 0.25) is 0 Å². The molecule has 3 rings (SSSR count).